The zero-order valence-corrected chi connectivity index (χ0v) is 11.4. The number of rotatable bonds is 3. The molecule has 20 heavy (non-hydrogen) atoms. The van der Waals surface area contributed by atoms with Crippen molar-refractivity contribution in [1.82, 2.24) is 5.32 Å². The normalized spacial score (nSPS) is 11.9. The number of carbonyl (C=O) groups is 1. The van der Waals surface area contributed by atoms with Crippen LogP contribution in [-0.2, 0) is 0 Å². The maximum Gasteiger partial charge on any atom is 0.252 e. The maximum atomic E-state index is 13.6. The third-order valence-corrected chi connectivity index (χ3v) is 3.17. The molecule has 3 nitrogen and oxygen atoms in total. The SMILES string of the molecule is Cc1cc(O)ccc1C(=O)NC(C)c1ccccc1F. The summed E-state index contributed by atoms with van der Waals surface area (Å²) in [5.41, 5.74) is 1.58. The predicted octanol–water partition coefficient (Wildman–Crippen LogP) is 3.33. The molecule has 0 aromatic heterocycles. The van der Waals surface area contributed by atoms with E-state index >= 15 is 0 Å². The van der Waals surface area contributed by atoms with Gasteiger partial charge in [0.15, 0.2) is 0 Å². The van der Waals surface area contributed by atoms with Crippen LogP contribution in [0.3, 0.4) is 0 Å². The van der Waals surface area contributed by atoms with E-state index in [2.05, 4.69) is 5.32 Å². The van der Waals surface area contributed by atoms with Crippen molar-refractivity contribution in [1.29, 1.82) is 0 Å². The van der Waals surface area contributed by atoms with Crippen molar-refractivity contribution in [3.63, 3.8) is 0 Å². The van der Waals surface area contributed by atoms with E-state index in [-0.39, 0.29) is 17.5 Å². The lowest BCUT2D eigenvalue weighted by atomic mass is 10.0. The zero-order chi connectivity index (χ0) is 14.7. The summed E-state index contributed by atoms with van der Waals surface area (Å²) in [4.78, 5) is 12.2. The van der Waals surface area contributed by atoms with Crippen molar-refractivity contribution in [3.05, 3.63) is 65.0 Å². The van der Waals surface area contributed by atoms with Crippen molar-refractivity contribution < 1.29 is 14.3 Å². The average Bonchev–Trinajstić information content (AvgIpc) is 2.38. The molecule has 2 rings (SSSR count). The molecule has 2 aromatic carbocycles. The fourth-order valence-electron chi connectivity index (χ4n) is 2.08. The van der Waals surface area contributed by atoms with Crippen molar-refractivity contribution in [2.45, 2.75) is 19.9 Å². The molecule has 2 N–H and O–H groups in total. The van der Waals surface area contributed by atoms with Gasteiger partial charge in [0.25, 0.3) is 5.91 Å². The highest BCUT2D eigenvalue weighted by molar-refractivity contribution is 5.96. The third-order valence-electron chi connectivity index (χ3n) is 3.17. The molecule has 1 atom stereocenters. The Morgan fingerprint density at radius 3 is 2.60 bits per heavy atom. The first kappa shape index (κ1) is 14.1. The molecule has 1 unspecified atom stereocenters. The van der Waals surface area contributed by atoms with Crippen LogP contribution < -0.4 is 5.32 Å². The summed E-state index contributed by atoms with van der Waals surface area (Å²) in [5, 5.41) is 12.1. The van der Waals surface area contributed by atoms with Gasteiger partial charge in [0.1, 0.15) is 11.6 Å². The molecule has 0 heterocycles. The second-order valence-corrected chi connectivity index (χ2v) is 4.72. The van der Waals surface area contributed by atoms with E-state index in [0.29, 0.717) is 16.7 Å². The number of aromatic hydroxyl groups is 1. The minimum Gasteiger partial charge on any atom is -0.508 e. The Bertz CT molecular complexity index is 640. The topological polar surface area (TPSA) is 49.3 Å². The quantitative estimate of drug-likeness (QED) is 0.901. The maximum absolute atomic E-state index is 13.6. The lowest BCUT2D eigenvalue weighted by molar-refractivity contribution is 0.0939. The summed E-state index contributed by atoms with van der Waals surface area (Å²) >= 11 is 0. The number of hydrogen-bond donors (Lipinski definition) is 2. The summed E-state index contributed by atoms with van der Waals surface area (Å²) in [6.07, 6.45) is 0. The Labute approximate surface area is 117 Å². The van der Waals surface area contributed by atoms with Crippen molar-refractivity contribution >= 4 is 5.91 Å². The lowest BCUT2D eigenvalue weighted by Crippen LogP contribution is -2.27. The molecule has 0 fully saturated rings. The lowest BCUT2D eigenvalue weighted by Gasteiger charge is -2.16. The molecule has 0 aliphatic rings. The first-order chi connectivity index (χ1) is 9.49. The molecular formula is C16H16FNO2. The highest BCUT2D eigenvalue weighted by Gasteiger charge is 2.15. The van der Waals surface area contributed by atoms with Crippen LogP contribution in [0.2, 0.25) is 0 Å². The van der Waals surface area contributed by atoms with Gasteiger partial charge in [-0.3, -0.25) is 4.79 Å². The van der Waals surface area contributed by atoms with Gasteiger partial charge in [0, 0.05) is 11.1 Å². The van der Waals surface area contributed by atoms with Crippen LogP contribution in [0.5, 0.6) is 5.75 Å². The minimum atomic E-state index is -0.433. The predicted molar refractivity (Wildman–Crippen MR) is 75.1 cm³/mol. The van der Waals surface area contributed by atoms with E-state index in [9.17, 15) is 14.3 Å². The number of halogens is 1. The highest BCUT2D eigenvalue weighted by atomic mass is 19.1. The summed E-state index contributed by atoms with van der Waals surface area (Å²) in [6, 6.07) is 10.4. The van der Waals surface area contributed by atoms with Crippen LogP contribution in [0.4, 0.5) is 4.39 Å². The standard InChI is InChI=1S/C16H16FNO2/c1-10-9-12(19)7-8-13(10)16(20)18-11(2)14-5-3-4-6-15(14)17/h3-9,11,19H,1-2H3,(H,18,20). The molecule has 1 amide bonds. The van der Waals surface area contributed by atoms with Gasteiger partial charge in [-0.1, -0.05) is 18.2 Å². The zero-order valence-electron chi connectivity index (χ0n) is 11.4. The Morgan fingerprint density at radius 2 is 1.95 bits per heavy atom. The van der Waals surface area contributed by atoms with Crippen LogP contribution in [0.1, 0.15) is 34.5 Å². The van der Waals surface area contributed by atoms with E-state index in [1.165, 1.54) is 18.2 Å². The molecule has 0 aliphatic carbocycles. The fourth-order valence-corrected chi connectivity index (χ4v) is 2.08. The summed E-state index contributed by atoms with van der Waals surface area (Å²) in [5.74, 6) is -0.526. The number of amides is 1. The highest BCUT2D eigenvalue weighted by Crippen LogP contribution is 2.19. The third kappa shape index (κ3) is 2.96. The van der Waals surface area contributed by atoms with Crippen molar-refractivity contribution in [2.75, 3.05) is 0 Å². The molecule has 0 spiro atoms. The van der Waals surface area contributed by atoms with E-state index in [1.807, 2.05) is 0 Å². The van der Waals surface area contributed by atoms with Gasteiger partial charge >= 0.3 is 0 Å². The fraction of sp³-hybridized carbons (Fsp3) is 0.188. The average molecular weight is 273 g/mol. The molecule has 0 saturated carbocycles. The van der Waals surface area contributed by atoms with E-state index < -0.39 is 6.04 Å². The number of nitrogens with one attached hydrogen (secondary N) is 1. The van der Waals surface area contributed by atoms with Crippen molar-refractivity contribution in [3.8, 4) is 5.75 Å². The van der Waals surface area contributed by atoms with Gasteiger partial charge in [-0.2, -0.15) is 0 Å². The van der Waals surface area contributed by atoms with Crippen LogP contribution in [0.15, 0.2) is 42.5 Å². The Kier molecular flexibility index (Phi) is 4.03. The van der Waals surface area contributed by atoms with Gasteiger partial charge in [-0.05, 0) is 43.7 Å². The second-order valence-electron chi connectivity index (χ2n) is 4.72. The van der Waals surface area contributed by atoms with Crippen LogP contribution in [0.25, 0.3) is 0 Å². The molecule has 2 aromatic rings. The molecular weight excluding hydrogens is 257 g/mol. The van der Waals surface area contributed by atoms with Gasteiger partial charge in [0.2, 0.25) is 0 Å². The van der Waals surface area contributed by atoms with Crippen LogP contribution in [0, 0.1) is 12.7 Å². The van der Waals surface area contributed by atoms with Gasteiger partial charge in [0.05, 0.1) is 6.04 Å². The van der Waals surface area contributed by atoms with E-state index in [0.717, 1.165) is 0 Å². The van der Waals surface area contributed by atoms with E-state index in [4.69, 9.17) is 0 Å². The monoisotopic (exact) mass is 273 g/mol. The Morgan fingerprint density at radius 1 is 1.25 bits per heavy atom. The van der Waals surface area contributed by atoms with Crippen molar-refractivity contribution in [2.24, 2.45) is 0 Å². The number of carbonyl (C=O) groups excluding carboxylic acids is 1. The van der Waals surface area contributed by atoms with Gasteiger partial charge < -0.3 is 10.4 Å². The number of aryl methyl sites for hydroxylation is 1. The second kappa shape index (κ2) is 5.74. The molecule has 4 heteroatoms. The molecule has 0 saturated heterocycles. The largest absolute Gasteiger partial charge is 0.508 e. The number of hydrogen-bond acceptors (Lipinski definition) is 2. The van der Waals surface area contributed by atoms with Crippen LogP contribution in [-0.4, -0.2) is 11.0 Å². The van der Waals surface area contributed by atoms with Gasteiger partial charge in [-0.25, -0.2) is 4.39 Å². The summed E-state index contributed by atoms with van der Waals surface area (Å²) < 4.78 is 13.6. The van der Waals surface area contributed by atoms with E-state index in [1.54, 1.807) is 38.1 Å². The summed E-state index contributed by atoms with van der Waals surface area (Å²) in [6.45, 7) is 3.47. The molecule has 0 aliphatic heterocycles. The Balaban J connectivity index is 2.17. The molecule has 0 bridgehead atoms. The minimum absolute atomic E-state index is 0.112. The van der Waals surface area contributed by atoms with Gasteiger partial charge in [-0.15, -0.1) is 0 Å². The van der Waals surface area contributed by atoms with Crippen LogP contribution >= 0.6 is 0 Å². The number of phenols is 1. The first-order valence-corrected chi connectivity index (χ1v) is 6.34. The number of benzene rings is 2. The summed E-state index contributed by atoms with van der Waals surface area (Å²) in [7, 11) is 0. The number of phenolic OH excluding ortho intramolecular Hbond substituents is 1. The Hall–Kier alpha value is -2.36. The molecule has 0 radical (unpaired) electrons. The first-order valence-electron chi connectivity index (χ1n) is 6.34. The smallest absolute Gasteiger partial charge is 0.252 e. The molecule has 104 valence electrons.